The van der Waals surface area contributed by atoms with E-state index in [-0.39, 0.29) is 11.2 Å². The van der Waals surface area contributed by atoms with Crippen LogP contribution in [0.25, 0.3) is 0 Å². The molecule has 0 bridgehead atoms. The van der Waals surface area contributed by atoms with E-state index >= 15 is 0 Å². The van der Waals surface area contributed by atoms with Gasteiger partial charge in [0.1, 0.15) is 3.70 Å². The summed E-state index contributed by atoms with van der Waals surface area (Å²) >= 11 is 8.13. The molecule has 0 aliphatic carbocycles. The highest BCUT2D eigenvalue weighted by Crippen LogP contribution is 2.36. The molecule has 1 aliphatic rings. The average molecular weight is 368 g/mol. The quantitative estimate of drug-likeness (QED) is 0.562. The monoisotopic (exact) mass is 368 g/mol. The Morgan fingerprint density at radius 2 is 1.71 bits per heavy atom. The van der Waals surface area contributed by atoms with Crippen LogP contribution in [0.3, 0.4) is 0 Å². The van der Waals surface area contributed by atoms with Gasteiger partial charge in [0.25, 0.3) is 0 Å². The molecule has 1 aromatic rings. The molecule has 17 heavy (non-hydrogen) atoms. The number of rotatable bonds is 1. The smallest absolute Gasteiger partial charge is 0.398 e. The minimum atomic E-state index is -0.420. The Morgan fingerprint density at radius 1 is 1.24 bits per heavy atom. The van der Waals surface area contributed by atoms with Gasteiger partial charge in [0.15, 0.2) is 0 Å². The number of hydrogen-bond acceptors (Lipinski definition) is 3. The fourth-order valence-corrected chi connectivity index (χ4v) is 2.82. The maximum atomic E-state index is 5.99. The normalized spacial score (nSPS) is 22.2. The highest BCUT2D eigenvalue weighted by molar-refractivity contribution is 14.1. The zero-order chi connectivity index (χ0) is 13.0. The van der Waals surface area contributed by atoms with E-state index in [9.17, 15) is 0 Å². The van der Waals surface area contributed by atoms with E-state index in [2.05, 4.69) is 27.6 Å². The lowest BCUT2D eigenvalue weighted by atomic mass is 9.85. The first-order valence-corrected chi connectivity index (χ1v) is 6.84. The van der Waals surface area contributed by atoms with Crippen molar-refractivity contribution in [2.75, 3.05) is 0 Å². The SMILES string of the molecule is Cn1c(Cl)nc(I)c1B1OC(C)(C)C(C)(C)O1. The van der Waals surface area contributed by atoms with Gasteiger partial charge in [0.05, 0.1) is 16.8 Å². The largest absolute Gasteiger partial charge is 0.515 e. The lowest BCUT2D eigenvalue weighted by Gasteiger charge is -2.32. The van der Waals surface area contributed by atoms with Crippen molar-refractivity contribution in [3.63, 3.8) is 0 Å². The molecular weight excluding hydrogens is 353 g/mol. The zero-order valence-corrected chi connectivity index (χ0v) is 13.5. The van der Waals surface area contributed by atoms with E-state index in [0.717, 1.165) is 9.29 Å². The minimum Gasteiger partial charge on any atom is -0.398 e. The lowest BCUT2D eigenvalue weighted by molar-refractivity contribution is 0.00578. The molecule has 0 amide bonds. The lowest BCUT2D eigenvalue weighted by Crippen LogP contribution is -2.41. The molecule has 0 aromatic carbocycles. The third-order valence-corrected chi connectivity index (χ3v) is 4.65. The molecule has 1 fully saturated rings. The standard InChI is InChI=1S/C10H15BClIN2O2/c1-9(2)10(3,4)17-11(16-9)6-7(13)14-8(12)15(6)5/h1-5H3. The number of nitrogens with zero attached hydrogens (tertiary/aromatic N) is 2. The van der Waals surface area contributed by atoms with Crippen LogP contribution in [0.1, 0.15) is 27.7 Å². The van der Waals surface area contributed by atoms with Gasteiger partial charge in [-0.05, 0) is 61.9 Å². The Labute approximate surface area is 120 Å². The molecule has 4 nitrogen and oxygen atoms in total. The molecule has 2 heterocycles. The van der Waals surface area contributed by atoms with Crippen LogP contribution in [0.5, 0.6) is 0 Å². The zero-order valence-electron chi connectivity index (χ0n) is 10.5. The van der Waals surface area contributed by atoms with Crippen LogP contribution >= 0.6 is 34.2 Å². The summed E-state index contributed by atoms with van der Waals surface area (Å²) in [5.41, 5.74) is 0.170. The van der Waals surface area contributed by atoms with E-state index in [1.807, 2.05) is 34.7 Å². The Kier molecular flexibility index (Phi) is 3.30. The third-order valence-electron chi connectivity index (χ3n) is 3.52. The van der Waals surface area contributed by atoms with Gasteiger partial charge in [-0.1, -0.05) is 0 Å². The van der Waals surface area contributed by atoms with E-state index < -0.39 is 7.12 Å². The van der Waals surface area contributed by atoms with Crippen molar-refractivity contribution in [3.8, 4) is 0 Å². The van der Waals surface area contributed by atoms with Crippen molar-refractivity contribution >= 4 is 46.9 Å². The highest BCUT2D eigenvalue weighted by atomic mass is 127. The van der Waals surface area contributed by atoms with Crippen molar-refractivity contribution in [1.29, 1.82) is 0 Å². The van der Waals surface area contributed by atoms with E-state index in [1.54, 1.807) is 4.57 Å². The van der Waals surface area contributed by atoms with Gasteiger partial charge in [-0.25, -0.2) is 4.98 Å². The molecule has 0 spiro atoms. The predicted molar refractivity (Wildman–Crippen MR) is 76.7 cm³/mol. The van der Waals surface area contributed by atoms with Crippen molar-refractivity contribution in [3.05, 3.63) is 8.98 Å². The molecule has 1 aromatic heterocycles. The van der Waals surface area contributed by atoms with Crippen LogP contribution in [0, 0.1) is 3.70 Å². The number of halogens is 2. The maximum absolute atomic E-state index is 5.99. The van der Waals surface area contributed by atoms with Gasteiger partial charge in [-0.15, -0.1) is 0 Å². The Hall–Kier alpha value is 0.215. The van der Waals surface area contributed by atoms with E-state index in [4.69, 9.17) is 20.9 Å². The summed E-state index contributed by atoms with van der Waals surface area (Å²) in [4.78, 5) is 4.21. The van der Waals surface area contributed by atoms with Gasteiger partial charge < -0.3 is 13.9 Å². The van der Waals surface area contributed by atoms with Crippen LogP contribution in [-0.4, -0.2) is 27.9 Å². The van der Waals surface area contributed by atoms with Crippen molar-refractivity contribution in [1.82, 2.24) is 9.55 Å². The Bertz CT molecular complexity index is 445. The maximum Gasteiger partial charge on any atom is 0.515 e. The second kappa shape index (κ2) is 4.11. The minimum absolute atomic E-state index is 0.350. The fourth-order valence-electron chi connectivity index (χ4n) is 1.66. The van der Waals surface area contributed by atoms with Gasteiger partial charge in [0.2, 0.25) is 5.28 Å². The second-order valence-electron chi connectivity index (χ2n) is 5.20. The molecule has 1 saturated heterocycles. The topological polar surface area (TPSA) is 36.3 Å². The fraction of sp³-hybridized carbons (Fsp3) is 0.700. The van der Waals surface area contributed by atoms with Crippen LogP contribution in [0.2, 0.25) is 5.28 Å². The molecule has 7 heteroatoms. The van der Waals surface area contributed by atoms with E-state index in [1.165, 1.54) is 0 Å². The van der Waals surface area contributed by atoms with Crippen molar-refractivity contribution in [2.24, 2.45) is 7.05 Å². The summed E-state index contributed by atoms with van der Waals surface area (Å²) in [6.07, 6.45) is 0. The first kappa shape index (κ1) is 13.6. The van der Waals surface area contributed by atoms with Crippen LogP contribution < -0.4 is 5.59 Å². The molecule has 0 radical (unpaired) electrons. The molecular formula is C10H15BClIN2O2. The van der Waals surface area contributed by atoms with Crippen LogP contribution in [0.4, 0.5) is 0 Å². The molecule has 0 unspecified atom stereocenters. The van der Waals surface area contributed by atoms with Gasteiger partial charge >= 0.3 is 7.12 Å². The summed E-state index contributed by atoms with van der Waals surface area (Å²) < 4.78 is 14.6. The molecule has 0 saturated carbocycles. The molecule has 0 atom stereocenters. The van der Waals surface area contributed by atoms with Crippen molar-refractivity contribution < 1.29 is 9.31 Å². The Balaban J connectivity index is 2.39. The predicted octanol–water partition coefficient (Wildman–Crippen LogP) is 1.98. The summed E-state index contributed by atoms with van der Waals surface area (Å²) in [5, 5.41) is 0.444. The number of hydrogen-bond donors (Lipinski definition) is 0. The summed E-state index contributed by atoms with van der Waals surface area (Å²) in [6, 6.07) is 0. The van der Waals surface area contributed by atoms with Gasteiger partial charge in [-0.2, -0.15) is 0 Å². The molecule has 94 valence electrons. The summed E-state index contributed by atoms with van der Waals surface area (Å²) in [6.45, 7) is 8.10. The number of aromatic nitrogens is 2. The third kappa shape index (κ3) is 2.13. The van der Waals surface area contributed by atoms with Crippen molar-refractivity contribution in [2.45, 2.75) is 38.9 Å². The van der Waals surface area contributed by atoms with E-state index in [0.29, 0.717) is 5.28 Å². The summed E-state index contributed by atoms with van der Waals surface area (Å²) in [7, 11) is 1.44. The molecule has 1 aliphatic heterocycles. The molecule has 0 N–H and O–H groups in total. The average Bonchev–Trinajstić information content (AvgIpc) is 2.49. The number of imidazole rings is 1. The van der Waals surface area contributed by atoms with Crippen LogP contribution in [-0.2, 0) is 16.4 Å². The first-order valence-electron chi connectivity index (χ1n) is 5.39. The van der Waals surface area contributed by atoms with Gasteiger partial charge in [0, 0.05) is 7.05 Å². The van der Waals surface area contributed by atoms with Gasteiger partial charge in [-0.3, -0.25) is 0 Å². The summed E-state index contributed by atoms with van der Waals surface area (Å²) in [5.74, 6) is 0. The molecule has 2 rings (SSSR count). The van der Waals surface area contributed by atoms with Crippen LogP contribution in [0.15, 0.2) is 0 Å². The highest BCUT2D eigenvalue weighted by Gasteiger charge is 2.53. The Morgan fingerprint density at radius 3 is 2.06 bits per heavy atom. The second-order valence-corrected chi connectivity index (χ2v) is 6.56. The first-order chi connectivity index (χ1) is 7.66.